The second-order valence-electron chi connectivity index (χ2n) is 14.2. The summed E-state index contributed by atoms with van der Waals surface area (Å²) in [5, 5.41) is 10.4. The summed E-state index contributed by atoms with van der Waals surface area (Å²) in [6, 6.07) is 8.11. The zero-order valence-corrected chi connectivity index (χ0v) is 27.5. The Morgan fingerprint density at radius 1 is 1.17 bits per heavy atom. The third-order valence-electron chi connectivity index (χ3n) is 9.90. The lowest BCUT2D eigenvalue weighted by molar-refractivity contribution is 0.0122. The van der Waals surface area contributed by atoms with Crippen molar-refractivity contribution in [3.05, 3.63) is 40.7 Å². The number of alkyl halides is 1. The maximum Gasteiger partial charge on any atom is 0.410 e. The molecule has 1 amide bonds. The lowest BCUT2D eigenvalue weighted by atomic mass is 9.95. The number of nitriles is 1. The van der Waals surface area contributed by atoms with Gasteiger partial charge < -0.3 is 20.1 Å². The Labute approximate surface area is 277 Å². The average molecular weight is 666 g/mol. The van der Waals surface area contributed by atoms with Crippen molar-refractivity contribution in [1.82, 2.24) is 19.8 Å². The van der Waals surface area contributed by atoms with Gasteiger partial charge in [-0.2, -0.15) is 15.2 Å². The van der Waals surface area contributed by atoms with Gasteiger partial charge in [-0.15, -0.1) is 0 Å². The minimum atomic E-state index is -0.928. The number of anilines is 2. The van der Waals surface area contributed by atoms with Crippen LogP contribution in [0.3, 0.4) is 0 Å². The predicted molar refractivity (Wildman–Crippen MR) is 175 cm³/mol. The maximum absolute atomic E-state index is 16.7. The number of fused-ring (bicyclic) bond motifs is 4. The van der Waals surface area contributed by atoms with Crippen LogP contribution >= 0.6 is 11.6 Å². The smallest absolute Gasteiger partial charge is 0.410 e. The van der Waals surface area contributed by atoms with Crippen LogP contribution in [0, 0.1) is 17.1 Å². The fourth-order valence-corrected chi connectivity index (χ4v) is 8.20. The fraction of sp³-hybridized carbons (Fsp3) is 0.529. The molecule has 0 unspecified atom stereocenters. The Morgan fingerprint density at radius 2 is 1.91 bits per heavy atom. The van der Waals surface area contributed by atoms with Gasteiger partial charge in [-0.3, -0.25) is 9.80 Å². The number of amides is 1. The lowest BCUT2D eigenvalue weighted by Gasteiger charge is -2.42. The largest absolute Gasteiger partial charge is 0.461 e. The van der Waals surface area contributed by atoms with E-state index in [-0.39, 0.29) is 63.7 Å². The summed E-state index contributed by atoms with van der Waals surface area (Å²) >= 11 is 6.32. The molecule has 10 nitrogen and oxygen atoms in total. The quantitative estimate of drug-likeness (QED) is 0.323. The molecule has 4 fully saturated rings. The number of hydrogen-bond donors (Lipinski definition) is 1. The van der Waals surface area contributed by atoms with Crippen molar-refractivity contribution in [2.75, 3.05) is 43.4 Å². The third kappa shape index (κ3) is 5.67. The minimum Gasteiger partial charge on any atom is -0.461 e. The topological polar surface area (TPSA) is 121 Å². The molecule has 1 aromatic heterocycles. The van der Waals surface area contributed by atoms with Gasteiger partial charge in [-0.1, -0.05) is 17.7 Å². The van der Waals surface area contributed by atoms with Crippen LogP contribution in [0.5, 0.6) is 6.01 Å². The van der Waals surface area contributed by atoms with Crippen LogP contribution in [0.4, 0.5) is 25.1 Å². The number of halogens is 3. The number of ether oxygens (including phenoxy) is 2. The van der Waals surface area contributed by atoms with E-state index in [4.69, 9.17) is 31.8 Å². The van der Waals surface area contributed by atoms with Gasteiger partial charge in [-0.25, -0.2) is 13.6 Å². The van der Waals surface area contributed by atoms with Gasteiger partial charge in [0.05, 0.1) is 28.2 Å². The zero-order valence-electron chi connectivity index (χ0n) is 26.7. The number of aromatic nitrogens is 2. The van der Waals surface area contributed by atoms with E-state index in [1.165, 1.54) is 12.1 Å². The number of nitrogens with two attached hydrogens (primary N) is 1. The van der Waals surface area contributed by atoms with Gasteiger partial charge in [0.1, 0.15) is 35.8 Å². The molecule has 3 aromatic rings. The van der Waals surface area contributed by atoms with E-state index in [9.17, 15) is 14.4 Å². The van der Waals surface area contributed by atoms with E-state index in [1.807, 2.05) is 25.7 Å². The van der Waals surface area contributed by atoms with Crippen LogP contribution in [0.1, 0.15) is 58.4 Å². The molecule has 13 heteroatoms. The lowest BCUT2D eigenvalue weighted by Crippen LogP contribution is -2.57. The van der Waals surface area contributed by atoms with Crippen LogP contribution in [-0.2, 0) is 4.74 Å². The van der Waals surface area contributed by atoms with Crippen molar-refractivity contribution in [2.45, 2.75) is 82.3 Å². The standard InChI is InChI=1S/C34H38ClF2N7O3/c1-33(2,3)47-32(45)44-21-5-6-22(44)17-42(16-21)30-24-8-7-23(25-11-20(39)12-27(35)26(25)14-38)28(37)29(24)40-31(41-30)46-18-34-9-4-10-43(34)15-19(36)13-34/h7-8,11-12,19,21-22H,4-6,9-10,13,15-18,39H2,1-3H3/t19-,21-,22+,34+/m1/s1. The Balaban J connectivity index is 1.29. The third-order valence-corrected chi connectivity index (χ3v) is 10.2. The molecule has 4 aliphatic rings. The molecule has 4 aliphatic heterocycles. The summed E-state index contributed by atoms with van der Waals surface area (Å²) in [5.41, 5.74) is 5.75. The van der Waals surface area contributed by atoms with Crippen LogP contribution in [0.25, 0.3) is 22.0 Å². The summed E-state index contributed by atoms with van der Waals surface area (Å²) in [6.07, 6.45) is 2.47. The van der Waals surface area contributed by atoms with Crippen molar-refractivity contribution in [2.24, 2.45) is 0 Å². The Bertz CT molecular complexity index is 1780. The Morgan fingerprint density at radius 3 is 2.62 bits per heavy atom. The molecule has 2 bridgehead atoms. The first-order valence-corrected chi connectivity index (χ1v) is 16.5. The molecule has 4 saturated heterocycles. The molecule has 0 saturated carbocycles. The normalized spacial score (nSPS) is 25.7. The van der Waals surface area contributed by atoms with E-state index in [2.05, 4.69) is 20.9 Å². The van der Waals surface area contributed by atoms with E-state index >= 15 is 4.39 Å². The molecular formula is C34H38ClF2N7O3. The molecule has 2 N–H and O–H groups in total. The van der Waals surface area contributed by atoms with E-state index in [0.717, 1.165) is 32.2 Å². The second kappa shape index (κ2) is 11.6. The molecule has 0 radical (unpaired) electrons. The first kappa shape index (κ1) is 31.6. The van der Waals surface area contributed by atoms with E-state index in [1.54, 1.807) is 12.1 Å². The highest BCUT2D eigenvalue weighted by Crippen LogP contribution is 2.42. The molecule has 2 aromatic carbocycles. The fourth-order valence-electron chi connectivity index (χ4n) is 7.93. The molecule has 0 aliphatic carbocycles. The van der Waals surface area contributed by atoms with Crippen molar-refractivity contribution in [3.8, 4) is 23.2 Å². The second-order valence-corrected chi connectivity index (χ2v) is 14.6. The highest BCUT2D eigenvalue weighted by molar-refractivity contribution is 6.32. The summed E-state index contributed by atoms with van der Waals surface area (Å²) in [4.78, 5) is 28.6. The Kier molecular flexibility index (Phi) is 7.83. The summed E-state index contributed by atoms with van der Waals surface area (Å²) in [5.74, 6) is -0.187. The van der Waals surface area contributed by atoms with Gasteiger partial charge in [0.15, 0.2) is 5.82 Å². The van der Waals surface area contributed by atoms with E-state index < -0.39 is 23.1 Å². The van der Waals surface area contributed by atoms with Gasteiger partial charge in [-0.05, 0) is 71.2 Å². The molecule has 0 spiro atoms. The number of benzene rings is 2. The number of piperazine rings is 1. The minimum absolute atomic E-state index is 0.0138. The van der Waals surface area contributed by atoms with Crippen molar-refractivity contribution < 1.29 is 23.0 Å². The summed E-state index contributed by atoms with van der Waals surface area (Å²) in [7, 11) is 0. The molecule has 47 heavy (non-hydrogen) atoms. The number of rotatable bonds is 5. The van der Waals surface area contributed by atoms with Gasteiger partial charge in [0, 0.05) is 48.3 Å². The average Bonchev–Trinajstić information content (AvgIpc) is 3.61. The number of nitrogen functional groups attached to an aromatic ring is 1. The van der Waals surface area contributed by atoms with Crippen LogP contribution in [0.15, 0.2) is 24.3 Å². The Hall–Kier alpha value is -3.95. The highest BCUT2D eigenvalue weighted by Gasteiger charge is 2.50. The van der Waals surface area contributed by atoms with Crippen LogP contribution in [0.2, 0.25) is 5.02 Å². The zero-order chi connectivity index (χ0) is 33.2. The van der Waals surface area contributed by atoms with Crippen molar-refractivity contribution in [1.29, 1.82) is 5.26 Å². The first-order chi connectivity index (χ1) is 22.4. The van der Waals surface area contributed by atoms with Gasteiger partial charge in [0.25, 0.3) is 0 Å². The monoisotopic (exact) mass is 665 g/mol. The number of carbonyl (C=O) groups excluding carboxylic acids is 1. The predicted octanol–water partition coefficient (Wildman–Crippen LogP) is 6.09. The van der Waals surface area contributed by atoms with Crippen LogP contribution in [-0.4, -0.2) is 88.0 Å². The molecule has 248 valence electrons. The van der Waals surface area contributed by atoms with Gasteiger partial charge in [0.2, 0.25) is 0 Å². The van der Waals surface area contributed by atoms with Crippen LogP contribution < -0.4 is 15.4 Å². The molecular weight excluding hydrogens is 628 g/mol. The molecule has 7 rings (SSSR count). The summed E-state index contributed by atoms with van der Waals surface area (Å²) in [6.45, 7) is 7.84. The maximum atomic E-state index is 16.7. The number of hydrogen-bond acceptors (Lipinski definition) is 9. The molecule has 4 atom stereocenters. The van der Waals surface area contributed by atoms with Crippen molar-refractivity contribution >= 4 is 40.1 Å². The van der Waals surface area contributed by atoms with Crippen molar-refractivity contribution in [3.63, 3.8) is 0 Å². The highest BCUT2D eigenvalue weighted by atomic mass is 35.5. The SMILES string of the molecule is CC(C)(C)OC(=O)N1[C@@H]2CC[C@H]1CN(c1nc(OC[C@@]34CCCN3C[C@H](F)C4)nc3c(F)c(-c4cc(N)cc(Cl)c4C#N)ccc13)C2. The first-order valence-electron chi connectivity index (χ1n) is 16.1. The van der Waals surface area contributed by atoms with E-state index in [0.29, 0.717) is 37.3 Å². The summed E-state index contributed by atoms with van der Waals surface area (Å²) < 4.78 is 43.1. The molecule has 5 heterocycles. The number of nitrogens with zero attached hydrogens (tertiary/aromatic N) is 6. The van der Waals surface area contributed by atoms with Gasteiger partial charge >= 0.3 is 12.1 Å². The number of carbonyl (C=O) groups is 1.